The van der Waals surface area contributed by atoms with Gasteiger partial charge in [0.1, 0.15) is 0 Å². The lowest BCUT2D eigenvalue weighted by atomic mass is 10.1. The molecule has 104 valence electrons. The van der Waals surface area contributed by atoms with Crippen molar-refractivity contribution in [2.45, 2.75) is 51.2 Å². The second kappa shape index (κ2) is 6.57. The van der Waals surface area contributed by atoms with Gasteiger partial charge in [0.2, 0.25) is 0 Å². The van der Waals surface area contributed by atoms with E-state index in [9.17, 15) is 9.90 Å². The maximum Gasteiger partial charge on any atom is 0.319 e. The van der Waals surface area contributed by atoms with Gasteiger partial charge < -0.3 is 15.7 Å². The number of amides is 2. The molecular formula is C15H22N2O2. The first-order chi connectivity index (χ1) is 9.15. The molecule has 3 N–H and O–H groups in total. The van der Waals surface area contributed by atoms with E-state index in [4.69, 9.17) is 0 Å². The summed E-state index contributed by atoms with van der Waals surface area (Å²) in [5, 5.41) is 15.7. The maximum absolute atomic E-state index is 11.9. The number of rotatable bonds is 2. The molecule has 0 bridgehead atoms. The molecule has 1 fully saturated rings. The molecule has 1 aliphatic rings. The molecular weight excluding hydrogens is 240 g/mol. The van der Waals surface area contributed by atoms with Crippen molar-refractivity contribution < 1.29 is 9.90 Å². The van der Waals surface area contributed by atoms with E-state index in [2.05, 4.69) is 10.6 Å². The van der Waals surface area contributed by atoms with Crippen LogP contribution in [0.1, 0.15) is 37.7 Å². The zero-order valence-electron chi connectivity index (χ0n) is 11.4. The molecule has 4 heteroatoms. The molecule has 1 aromatic rings. The van der Waals surface area contributed by atoms with Gasteiger partial charge in [-0.15, -0.1) is 0 Å². The third kappa shape index (κ3) is 4.24. The van der Waals surface area contributed by atoms with E-state index in [1.54, 1.807) is 0 Å². The zero-order chi connectivity index (χ0) is 13.7. The minimum atomic E-state index is -0.425. The number of carbonyl (C=O) groups is 1. The summed E-state index contributed by atoms with van der Waals surface area (Å²) in [6.45, 7) is 1.98. The van der Waals surface area contributed by atoms with Crippen molar-refractivity contribution in [3.8, 4) is 0 Å². The normalized spacial score (nSPS) is 23.5. The Kier molecular flexibility index (Phi) is 4.80. The Hall–Kier alpha value is -1.55. The van der Waals surface area contributed by atoms with Crippen LogP contribution in [-0.2, 0) is 0 Å². The lowest BCUT2D eigenvalue weighted by molar-refractivity contribution is 0.124. The summed E-state index contributed by atoms with van der Waals surface area (Å²) in [5.41, 5.74) is 1.88. The second-order valence-corrected chi connectivity index (χ2v) is 5.28. The molecule has 2 rings (SSSR count). The highest BCUT2D eigenvalue weighted by atomic mass is 16.3. The molecule has 0 saturated heterocycles. The van der Waals surface area contributed by atoms with Crippen LogP contribution < -0.4 is 10.6 Å². The Labute approximate surface area is 114 Å². The first-order valence-corrected chi connectivity index (χ1v) is 6.97. The Morgan fingerprint density at radius 2 is 2.05 bits per heavy atom. The number of nitrogens with one attached hydrogen (secondary N) is 2. The van der Waals surface area contributed by atoms with Crippen molar-refractivity contribution in [2.24, 2.45) is 0 Å². The number of benzene rings is 1. The van der Waals surface area contributed by atoms with Crippen molar-refractivity contribution >= 4 is 11.7 Å². The lowest BCUT2D eigenvalue weighted by Crippen LogP contribution is -2.44. The minimum absolute atomic E-state index is 0.132. The number of aliphatic hydroxyl groups excluding tert-OH is 1. The average Bonchev–Trinajstić information content (AvgIpc) is 2.55. The van der Waals surface area contributed by atoms with Crippen LogP contribution in [-0.4, -0.2) is 23.3 Å². The highest BCUT2D eigenvalue weighted by molar-refractivity contribution is 5.89. The van der Waals surface area contributed by atoms with Crippen LogP contribution in [0.5, 0.6) is 0 Å². The quantitative estimate of drug-likeness (QED) is 0.718. The van der Waals surface area contributed by atoms with E-state index < -0.39 is 6.10 Å². The van der Waals surface area contributed by atoms with Gasteiger partial charge in [-0.2, -0.15) is 0 Å². The molecule has 4 nitrogen and oxygen atoms in total. The van der Waals surface area contributed by atoms with E-state index in [1.165, 1.54) is 0 Å². The fourth-order valence-corrected chi connectivity index (χ4v) is 2.51. The largest absolute Gasteiger partial charge is 0.391 e. The lowest BCUT2D eigenvalue weighted by Gasteiger charge is -2.22. The summed E-state index contributed by atoms with van der Waals surface area (Å²) in [6, 6.07) is 7.30. The molecule has 2 atom stereocenters. The van der Waals surface area contributed by atoms with Crippen LogP contribution in [0.15, 0.2) is 24.3 Å². The third-order valence-electron chi connectivity index (χ3n) is 3.57. The standard InChI is InChI=1S/C15H22N2O2/c1-11-6-5-7-12(10-11)16-15(19)17-13-8-3-2-4-9-14(13)18/h5-7,10,13-14,18H,2-4,8-9H2,1H3,(H2,16,17,19). The number of aliphatic hydroxyl groups is 1. The number of hydrogen-bond donors (Lipinski definition) is 3. The fraction of sp³-hybridized carbons (Fsp3) is 0.533. The van der Waals surface area contributed by atoms with Crippen molar-refractivity contribution in [1.82, 2.24) is 5.32 Å². The molecule has 1 saturated carbocycles. The van der Waals surface area contributed by atoms with E-state index in [-0.39, 0.29) is 12.1 Å². The molecule has 0 spiro atoms. The molecule has 0 heterocycles. The number of urea groups is 1. The Bertz CT molecular complexity index is 434. The van der Waals surface area contributed by atoms with Crippen LogP contribution in [0.25, 0.3) is 0 Å². The van der Waals surface area contributed by atoms with Gasteiger partial charge in [0.25, 0.3) is 0 Å². The smallest absolute Gasteiger partial charge is 0.319 e. The van der Waals surface area contributed by atoms with Crippen LogP contribution in [0.4, 0.5) is 10.5 Å². The summed E-state index contributed by atoms with van der Waals surface area (Å²) >= 11 is 0. The van der Waals surface area contributed by atoms with Crippen LogP contribution in [0.3, 0.4) is 0 Å². The van der Waals surface area contributed by atoms with Crippen LogP contribution in [0.2, 0.25) is 0 Å². The predicted octanol–water partition coefficient (Wildman–Crippen LogP) is 2.81. The van der Waals surface area contributed by atoms with Crippen molar-refractivity contribution in [1.29, 1.82) is 0 Å². The summed E-state index contributed by atoms with van der Waals surface area (Å²) in [5.74, 6) is 0. The van der Waals surface area contributed by atoms with Gasteiger partial charge >= 0.3 is 6.03 Å². The van der Waals surface area contributed by atoms with Gasteiger partial charge in [0.05, 0.1) is 12.1 Å². The fourth-order valence-electron chi connectivity index (χ4n) is 2.51. The Morgan fingerprint density at radius 1 is 1.26 bits per heavy atom. The molecule has 1 aromatic carbocycles. The Morgan fingerprint density at radius 3 is 2.84 bits per heavy atom. The van der Waals surface area contributed by atoms with E-state index in [0.717, 1.165) is 43.4 Å². The van der Waals surface area contributed by atoms with Gasteiger partial charge in [0.15, 0.2) is 0 Å². The maximum atomic E-state index is 11.9. The molecule has 1 aliphatic carbocycles. The molecule has 19 heavy (non-hydrogen) atoms. The topological polar surface area (TPSA) is 61.4 Å². The molecule has 0 aliphatic heterocycles. The highest BCUT2D eigenvalue weighted by Gasteiger charge is 2.23. The van der Waals surface area contributed by atoms with Crippen molar-refractivity contribution in [3.05, 3.63) is 29.8 Å². The Balaban J connectivity index is 1.89. The summed E-state index contributed by atoms with van der Waals surface area (Å²) in [7, 11) is 0. The number of hydrogen-bond acceptors (Lipinski definition) is 2. The molecule has 0 aromatic heterocycles. The summed E-state index contributed by atoms with van der Waals surface area (Å²) in [6.07, 6.45) is 4.43. The number of aryl methyl sites for hydroxylation is 1. The van der Waals surface area contributed by atoms with Crippen molar-refractivity contribution in [2.75, 3.05) is 5.32 Å². The highest BCUT2D eigenvalue weighted by Crippen LogP contribution is 2.18. The third-order valence-corrected chi connectivity index (χ3v) is 3.57. The SMILES string of the molecule is Cc1cccc(NC(=O)NC2CCCCCC2O)c1. The van der Waals surface area contributed by atoms with Gasteiger partial charge in [-0.3, -0.25) is 0 Å². The van der Waals surface area contributed by atoms with Gasteiger partial charge in [-0.1, -0.05) is 31.4 Å². The molecule has 2 unspecified atom stereocenters. The number of anilines is 1. The van der Waals surface area contributed by atoms with Crippen LogP contribution in [0, 0.1) is 6.92 Å². The minimum Gasteiger partial charge on any atom is -0.391 e. The van der Waals surface area contributed by atoms with E-state index in [1.807, 2.05) is 31.2 Å². The van der Waals surface area contributed by atoms with Crippen LogP contribution >= 0.6 is 0 Å². The van der Waals surface area contributed by atoms with E-state index in [0.29, 0.717) is 0 Å². The van der Waals surface area contributed by atoms with Gasteiger partial charge in [-0.05, 0) is 37.5 Å². The number of carbonyl (C=O) groups excluding carboxylic acids is 1. The predicted molar refractivity (Wildman–Crippen MR) is 76.2 cm³/mol. The zero-order valence-corrected chi connectivity index (χ0v) is 11.4. The summed E-state index contributed by atoms with van der Waals surface area (Å²) in [4.78, 5) is 11.9. The summed E-state index contributed by atoms with van der Waals surface area (Å²) < 4.78 is 0. The first kappa shape index (κ1) is 13.9. The van der Waals surface area contributed by atoms with Gasteiger partial charge in [-0.25, -0.2) is 4.79 Å². The van der Waals surface area contributed by atoms with Gasteiger partial charge in [0, 0.05) is 5.69 Å². The van der Waals surface area contributed by atoms with Crippen molar-refractivity contribution in [3.63, 3.8) is 0 Å². The van der Waals surface area contributed by atoms with E-state index >= 15 is 0 Å². The molecule has 2 amide bonds. The molecule has 0 radical (unpaired) electrons. The first-order valence-electron chi connectivity index (χ1n) is 6.97. The second-order valence-electron chi connectivity index (χ2n) is 5.28. The monoisotopic (exact) mass is 262 g/mol. The average molecular weight is 262 g/mol.